The third kappa shape index (κ3) is 3.51. The standard InChI is InChI=1S/C13H4Cl3F6N/c14-7-2-1-6(9(15)10(7)16)5-3-4-23-11(13(20,21)22)8(5)12(17,18)19/h1-4H. The lowest BCUT2D eigenvalue weighted by molar-refractivity contribution is -0.164. The Balaban J connectivity index is 2.87. The summed E-state index contributed by atoms with van der Waals surface area (Å²) in [6.07, 6.45) is -9.97. The largest absolute Gasteiger partial charge is 0.433 e. The monoisotopic (exact) mass is 393 g/mol. The second kappa shape index (κ2) is 6.03. The minimum absolute atomic E-state index is 0.0425. The van der Waals surface area contributed by atoms with E-state index in [1.807, 2.05) is 0 Å². The van der Waals surface area contributed by atoms with Gasteiger partial charge in [-0.15, -0.1) is 0 Å². The lowest BCUT2D eigenvalue weighted by Crippen LogP contribution is -2.19. The summed E-state index contributed by atoms with van der Waals surface area (Å²) >= 11 is 17.3. The van der Waals surface area contributed by atoms with Crippen LogP contribution in [0.25, 0.3) is 11.1 Å². The van der Waals surface area contributed by atoms with Crippen molar-refractivity contribution in [2.45, 2.75) is 12.4 Å². The topological polar surface area (TPSA) is 12.9 Å². The van der Waals surface area contributed by atoms with Crippen LogP contribution in [0.4, 0.5) is 26.3 Å². The minimum Gasteiger partial charge on any atom is -0.251 e. The van der Waals surface area contributed by atoms with E-state index in [0.717, 1.165) is 18.2 Å². The number of hydrogen-bond acceptors (Lipinski definition) is 1. The molecule has 0 radical (unpaired) electrons. The van der Waals surface area contributed by atoms with E-state index in [4.69, 9.17) is 34.8 Å². The van der Waals surface area contributed by atoms with Gasteiger partial charge < -0.3 is 0 Å². The molecule has 0 saturated heterocycles. The quantitative estimate of drug-likeness (QED) is 0.385. The Hall–Kier alpha value is -1.18. The molecule has 0 unspecified atom stereocenters. The molecular weight excluding hydrogens is 390 g/mol. The number of hydrogen-bond donors (Lipinski definition) is 0. The highest BCUT2D eigenvalue weighted by molar-refractivity contribution is 6.49. The number of aromatic nitrogens is 1. The molecule has 23 heavy (non-hydrogen) atoms. The van der Waals surface area contributed by atoms with Crippen LogP contribution in [0, 0.1) is 0 Å². The zero-order valence-electron chi connectivity index (χ0n) is 10.7. The summed E-state index contributed by atoms with van der Waals surface area (Å²) in [5.74, 6) is 0. The molecule has 0 bridgehead atoms. The minimum atomic E-state index is -5.30. The van der Waals surface area contributed by atoms with Crippen molar-refractivity contribution in [1.29, 1.82) is 0 Å². The molecule has 2 aromatic rings. The normalized spacial score (nSPS) is 12.6. The highest BCUT2D eigenvalue weighted by atomic mass is 35.5. The molecule has 10 heteroatoms. The van der Waals surface area contributed by atoms with Crippen molar-refractivity contribution in [3.05, 3.63) is 50.7 Å². The van der Waals surface area contributed by atoms with E-state index in [0.29, 0.717) is 6.20 Å². The molecule has 0 aliphatic carbocycles. The predicted octanol–water partition coefficient (Wildman–Crippen LogP) is 6.75. The van der Waals surface area contributed by atoms with Crippen molar-refractivity contribution >= 4 is 34.8 Å². The lowest BCUT2D eigenvalue weighted by atomic mass is 9.98. The van der Waals surface area contributed by atoms with Gasteiger partial charge in [0.25, 0.3) is 0 Å². The fourth-order valence-corrected chi connectivity index (χ4v) is 2.56. The molecular formula is C13H4Cl3F6N. The Labute approximate surface area is 140 Å². The van der Waals surface area contributed by atoms with Crippen molar-refractivity contribution in [2.75, 3.05) is 0 Å². The van der Waals surface area contributed by atoms with E-state index in [1.54, 1.807) is 0 Å². The Morgan fingerprint density at radius 2 is 1.35 bits per heavy atom. The van der Waals surface area contributed by atoms with Gasteiger partial charge >= 0.3 is 12.4 Å². The molecule has 124 valence electrons. The van der Waals surface area contributed by atoms with E-state index < -0.39 is 29.2 Å². The third-order valence-corrected chi connectivity index (χ3v) is 4.12. The first-order chi connectivity index (χ1) is 10.4. The Morgan fingerprint density at radius 3 is 1.87 bits per heavy atom. The van der Waals surface area contributed by atoms with Crippen LogP contribution >= 0.6 is 34.8 Å². The van der Waals surface area contributed by atoms with Crippen molar-refractivity contribution in [1.82, 2.24) is 4.98 Å². The maximum Gasteiger partial charge on any atom is 0.433 e. The van der Waals surface area contributed by atoms with Gasteiger partial charge in [-0.1, -0.05) is 40.9 Å². The smallest absolute Gasteiger partial charge is 0.251 e. The Bertz CT molecular complexity index is 755. The third-order valence-electron chi connectivity index (χ3n) is 2.83. The van der Waals surface area contributed by atoms with E-state index in [2.05, 4.69) is 4.98 Å². The average Bonchev–Trinajstić information content (AvgIpc) is 2.42. The highest BCUT2D eigenvalue weighted by Crippen LogP contribution is 2.46. The number of rotatable bonds is 1. The van der Waals surface area contributed by atoms with Gasteiger partial charge in [0, 0.05) is 11.8 Å². The summed E-state index contributed by atoms with van der Waals surface area (Å²) in [6.45, 7) is 0. The molecule has 1 aromatic carbocycles. The second-order valence-electron chi connectivity index (χ2n) is 4.30. The van der Waals surface area contributed by atoms with Gasteiger partial charge in [0.2, 0.25) is 0 Å². The van der Waals surface area contributed by atoms with Crippen LogP contribution in [-0.2, 0) is 12.4 Å². The van der Waals surface area contributed by atoms with Gasteiger partial charge in [0.05, 0.1) is 20.6 Å². The first-order valence-electron chi connectivity index (χ1n) is 5.72. The predicted molar refractivity (Wildman–Crippen MR) is 74.7 cm³/mol. The molecule has 0 aliphatic heterocycles. The lowest BCUT2D eigenvalue weighted by Gasteiger charge is -2.19. The maximum absolute atomic E-state index is 13.2. The van der Waals surface area contributed by atoms with Crippen LogP contribution in [0.3, 0.4) is 0 Å². The second-order valence-corrected chi connectivity index (χ2v) is 5.46. The number of nitrogens with zero attached hydrogens (tertiary/aromatic N) is 1. The van der Waals surface area contributed by atoms with Crippen molar-refractivity contribution < 1.29 is 26.3 Å². The van der Waals surface area contributed by atoms with Crippen LogP contribution in [0.1, 0.15) is 11.3 Å². The summed E-state index contributed by atoms with van der Waals surface area (Å²) in [4.78, 5) is 2.83. The van der Waals surface area contributed by atoms with Gasteiger partial charge in [-0.05, 0) is 17.7 Å². The molecule has 0 fully saturated rings. The van der Waals surface area contributed by atoms with Crippen LogP contribution in [-0.4, -0.2) is 4.98 Å². The van der Waals surface area contributed by atoms with Gasteiger partial charge in [-0.25, -0.2) is 0 Å². The van der Waals surface area contributed by atoms with Gasteiger partial charge in [0.1, 0.15) is 0 Å². The summed E-state index contributed by atoms with van der Waals surface area (Å²) in [5.41, 5.74) is -5.11. The van der Waals surface area contributed by atoms with Gasteiger partial charge in [0.15, 0.2) is 5.69 Å². The summed E-state index contributed by atoms with van der Waals surface area (Å²) < 4.78 is 78.2. The molecule has 1 nitrogen and oxygen atoms in total. The SMILES string of the molecule is FC(F)(F)c1nccc(-c2ccc(Cl)c(Cl)c2Cl)c1C(F)(F)F. The molecule has 0 amide bonds. The van der Waals surface area contributed by atoms with Crippen molar-refractivity contribution in [2.24, 2.45) is 0 Å². The van der Waals surface area contributed by atoms with Crippen LogP contribution in [0.2, 0.25) is 15.1 Å². The molecule has 0 atom stereocenters. The van der Waals surface area contributed by atoms with E-state index in [-0.39, 0.29) is 20.6 Å². The zero-order valence-corrected chi connectivity index (χ0v) is 12.9. The number of alkyl halides is 6. The van der Waals surface area contributed by atoms with E-state index >= 15 is 0 Å². The first-order valence-corrected chi connectivity index (χ1v) is 6.85. The summed E-state index contributed by atoms with van der Waals surface area (Å²) in [5, 5.41) is -0.688. The number of halogens is 9. The fraction of sp³-hybridized carbons (Fsp3) is 0.154. The number of pyridine rings is 1. The zero-order chi connectivity index (χ0) is 17.6. The van der Waals surface area contributed by atoms with Crippen LogP contribution < -0.4 is 0 Å². The molecule has 2 rings (SSSR count). The average molecular weight is 395 g/mol. The molecule has 0 saturated carbocycles. The molecule has 1 heterocycles. The summed E-state index contributed by atoms with van der Waals surface area (Å²) in [7, 11) is 0. The van der Waals surface area contributed by atoms with E-state index in [9.17, 15) is 26.3 Å². The van der Waals surface area contributed by atoms with Crippen LogP contribution in [0.15, 0.2) is 24.4 Å². The molecule has 0 spiro atoms. The maximum atomic E-state index is 13.2. The fourth-order valence-electron chi connectivity index (χ4n) is 1.92. The molecule has 1 aromatic heterocycles. The highest BCUT2D eigenvalue weighted by Gasteiger charge is 2.46. The Kier molecular flexibility index (Phi) is 4.76. The van der Waals surface area contributed by atoms with Crippen molar-refractivity contribution in [3.8, 4) is 11.1 Å². The number of benzene rings is 1. The molecule has 0 aliphatic rings. The Morgan fingerprint density at radius 1 is 0.739 bits per heavy atom. The van der Waals surface area contributed by atoms with Gasteiger partial charge in [-0.2, -0.15) is 26.3 Å². The van der Waals surface area contributed by atoms with Gasteiger partial charge in [-0.3, -0.25) is 4.98 Å². The molecule has 0 N–H and O–H groups in total. The summed E-state index contributed by atoms with van der Waals surface area (Å²) in [6, 6.07) is 2.98. The van der Waals surface area contributed by atoms with Crippen LogP contribution in [0.5, 0.6) is 0 Å². The first kappa shape index (κ1) is 18.2. The van der Waals surface area contributed by atoms with E-state index in [1.165, 1.54) is 0 Å². The van der Waals surface area contributed by atoms with Crippen molar-refractivity contribution in [3.63, 3.8) is 0 Å².